The highest BCUT2D eigenvalue weighted by atomic mass is 79.9. The van der Waals surface area contributed by atoms with Gasteiger partial charge in [-0.2, -0.15) is 0 Å². The zero-order chi connectivity index (χ0) is 15.4. The van der Waals surface area contributed by atoms with Crippen molar-refractivity contribution in [2.45, 2.75) is 6.92 Å². The van der Waals surface area contributed by atoms with Crippen molar-refractivity contribution < 1.29 is 4.79 Å². The Kier molecular flexibility index (Phi) is 5.45. The van der Waals surface area contributed by atoms with Crippen LogP contribution in [0.15, 0.2) is 34.9 Å². The van der Waals surface area contributed by atoms with E-state index in [0.29, 0.717) is 27.1 Å². The average Bonchev–Trinajstić information content (AvgIpc) is 2.43. The van der Waals surface area contributed by atoms with Gasteiger partial charge in [-0.05, 0) is 31.2 Å². The number of pyridine rings is 1. The van der Waals surface area contributed by atoms with Gasteiger partial charge in [0.15, 0.2) is 0 Å². The molecule has 0 aliphatic carbocycles. The monoisotopic (exact) mass is 387 g/mol. The van der Waals surface area contributed by atoms with Crippen LogP contribution >= 0.6 is 39.1 Å². The summed E-state index contributed by atoms with van der Waals surface area (Å²) in [7, 11) is 0. The predicted octanol–water partition coefficient (Wildman–Crippen LogP) is 4.84. The van der Waals surface area contributed by atoms with Crippen LogP contribution in [-0.2, 0) is 0 Å². The summed E-state index contributed by atoms with van der Waals surface area (Å²) in [6.45, 7) is 2.74. The summed E-state index contributed by atoms with van der Waals surface area (Å²) in [4.78, 5) is 16.3. The molecule has 0 aliphatic rings. The maximum atomic E-state index is 12.2. The highest BCUT2D eigenvalue weighted by Gasteiger charge is 2.13. The number of benzene rings is 1. The van der Waals surface area contributed by atoms with Crippen molar-refractivity contribution in [1.29, 1.82) is 0 Å². The van der Waals surface area contributed by atoms with Crippen LogP contribution in [0.25, 0.3) is 0 Å². The molecule has 0 saturated carbocycles. The topological polar surface area (TPSA) is 54.0 Å². The van der Waals surface area contributed by atoms with Gasteiger partial charge in [0.1, 0.15) is 5.82 Å². The molecule has 110 valence electrons. The molecule has 0 fully saturated rings. The molecule has 0 atom stereocenters. The second-order valence-electron chi connectivity index (χ2n) is 4.16. The molecule has 0 spiro atoms. The lowest BCUT2D eigenvalue weighted by Gasteiger charge is -2.10. The molecule has 4 nitrogen and oxygen atoms in total. The van der Waals surface area contributed by atoms with Gasteiger partial charge in [-0.15, -0.1) is 0 Å². The summed E-state index contributed by atoms with van der Waals surface area (Å²) >= 11 is 15.4. The van der Waals surface area contributed by atoms with E-state index in [-0.39, 0.29) is 5.91 Å². The number of carbonyl (C=O) groups excluding carboxylic acids is 1. The largest absolute Gasteiger partial charge is 0.370 e. The van der Waals surface area contributed by atoms with Crippen molar-refractivity contribution in [3.05, 3.63) is 50.5 Å². The Bertz CT molecular complexity index is 639. The van der Waals surface area contributed by atoms with Crippen molar-refractivity contribution in [3.8, 4) is 0 Å². The average molecular weight is 389 g/mol. The second kappa shape index (κ2) is 7.11. The van der Waals surface area contributed by atoms with Crippen LogP contribution in [0, 0.1) is 0 Å². The van der Waals surface area contributed by atoms with Crippen LogP contribution in [0.4, 0.5) is 11.5 Å². The van der Waals surface area contributed by atoms with E-state index in [4.69, 9.17) is 23.2 Å². The molecule has 0 bridgehead atoms. The van der Waals surface area contributed by atoms with E-state index in [1.54, 1.807) is 24.3 Å². The minimum Gasteiger partial charge on any atom is -0.370 e. The van der Waals surface area contributed by atoms with Crippen LogP contribution in [0.3, 0.4) is 0 Å². The minimum atomic E-state index is -0.323. The normalized spacial score (nSPS) is 10.3. The maximum absolute atomic E-state index is 12.2. The fourth-order valence-electron chi connectivity index (χ4n) is 1.66. The third-order valence-corrected chi connectivity index (χ3v) is 3.68. The van der Waals surface area contributed by atoms with Crippen molar-refractivity contribution in [2.24, 2.45) is 0 Å². The third-order valence-electron chi connectivity index (χ3n) is 2.63. The number of halogens is 3. The Morgan fingerprint density at radius 3 is 2.48 bits per heavy atom. The standard InChI is InChI=1S/C14H12BrCl2N3O/c1-2-18-12-4-3-8(7-19-12)14(21)20-13-10(16)5-9(15)6-11(13)17/h3-7H,2H2,1H3,(H,18,19)(H,20,21). The second-order valence-corrected chi connectivity index (χ2v) is 5.89. The molecule has 0 aliphatic heterocycles. The van der Waals surface area contributed by atoms with Gasteiger partial charge in [-0.1, -0.05) is 39.1 Å². The number of carbonyl (C=O) groups is 1. The highest BCUT2D eigenvalue weighted by molar-refractivity contribution is 9.10. The number of hydrogen-bond acceptors (Lipinski definition) is 3. The molecule has 1 heterocycles. The van der Waals surface area contributed by atoms with E-state index in [9.17, 15) is 4.79 Å². The van der Waals surface area contributed by atoms with Gasteiger partial charge >= 0.3 is 0 Å². The molecule has 21 heavy (non-hydrogen) atoms. The Morgan fingerprint density at radius 2 is 1.95 bits per heavy atom. The van der Waals surface area contributed by atoms with Crippen LogP contribution < -0.4 is 10.6 Å². The molecule has 0 saturated heterocycles. The van der Waals surface area contributed by atoms with Crippen molar-refractivity contribution >= 4 is 56.5 Å². The Morgan fingerprint density at radius 1 is 1.29 bits per heavy atom. The number of aromatic nitrogens is 1. The number of amides is 1. The van der Waals surface area contributed by atoms with Gasteiger partial charge in [-0.3, -0.25) is 4.79 Å². The zero-order valence-corrected chi connectivity index (χ0v) is 14.2. The van der Waals surface area contributed by atoms with Crippen LogP contribution in [0.2, 0.25) is 10.0 Å². The molecule has 0 unspecified atom stereocenters. The zero-order valence-electron chi connectivity index (χ0n) is 11.1. The lowest BCUT2D eigenvalue weighted by atomic mass is 10.2. The predicted molar refractivity (Wildman–Crippen MR) is 90.5 cm³/mol. The summed E-state index contributed by atoms with van der Waals surface area (Å²) in [6.07, 6.45) is 1.49. The number of hydrogen-bond donors (Lipinski definition) is 2. The van der Waals surface area contributed by atoms with E-state index in [1.807, 2.05) is 6.92 Å². The first-order valence-electron chi connectivity index (χ1n) is 6.17. The fraction of sp³-hybridized carbons (Fsp3) is 0.143. The first kappa shape index (κ1) is 16.1. The number of nitrogens with one attached hydrogen (secondary N) is 2. The molecule has 2 rings (SSSR count). The number of anilines is 2. The summed E-state index contributed by atoms with van der Waals surface area (Å²) in [5.41, 5.74) is 0.800. The van der Waals surface area contributed by atoms with E-state index in [1.165, 1.54) is 6.20 Å². The SMILES string of the molecule is CCNc1ccc(C(=O)Nc2c(Cl)cc(Br)cc2Cl)cn1. The van der Waals surface area contributed by atoms with Gasteiger partial charge in [-0.25, -0.2) is 4.98 Å². The summed E-state index contributed by atoms with van der Waals surface area (Å²) in [5.74, 6) is 0.394. The summed E-state index contributed by atoms with van der Waals surface area (Å²) < 4.78 is 0.743. The molecular formula is C14H12BrCl2N3O. The molecule has 1 amide bonds. The van der Waals surface area contributed by atoms with Crippen molar-refractivity contribution in [1.82, 2.24) is 4.98 Å². The van der Waals surface area contributed by atoms with E-state index in [2.05, 4.69) is 31.5 Å². The smallest absolute Gasteiger partial charge is 0.257 e. The first-order chi connectivity index (χ1) is 10.0. The summed E-state index contributed by atoms with van der Waals surface area (Å²) in [5, 5.41) is 6.47. The molecule has 1 aromatic carbocycles. The lowest BCUT2D eigenvalue weighted by Crippen LogP contribution is -2.13. The Hall–Kier alpha value is -1.30. The third kappa shape index (κ3) is 4.09. The summed E-state index contributed by atoms with van der Waals surface area (Å²) in [6, 6.07) is 6.75. The van der Waals surface area contributed by atoms with Gasteiger partial charge in [0, 0.05) is 17.2 Å². The number of nitrogens with zero attached hydrogens (tertiary/aromatic N) is 1. The van der Waals surface area contributed by atoms with Gasteiger partial charge < -0.3 is 10.6 Å². The van der Waals surface area contributed by atoms with Crippen LogP contribution in [-0.4, -0.2) is 17.4 Å². The maximum Gasteiger partial charge on any atom is 0.257 e. The Balaban J connectivity index is 2.18. The van der Waals surface area contributed by atoms with Gasteiger partial charge in [0.05, 0.1) is 21.3 Å². The molecule has 1 aromatic heterocycles. The molecule has 7 heteroatoms. The molecular weight excluding hydrogens is 377 g/mol. The van der Waals surface area contributed by atoms with Gasteiger partial charge in [0.2, 0.25) is 0 Å². The van der Waals surface area contributed by atoms with Crippen molar-refractivity contribution in [2.75, 3.05) is 17.2 Å². The van der Waals surface area contributed by atoms with E-state index >= 15 is 0 Å². The van der Waals surface area contributed by atoms with Gasteiger partial charge in [0.25, 0.3) is 5.91 Å². The fourth-order valence-corrected chi connectivity index (χ4v) is 2.96. The Labute approximate surface area is 141 Å². The highest BCUT2D eigenvalue weighted by Crippen LogP contribution is 2.34. The molecule has 2 aromatic rings. The molecule has 0 radical (unpaired) electrons. The van der Waals surface area contributed by atoms with Crippen LogP contribution in [0.5, 0.6) is 0 Å². The quantitative estimate of drug-likeness (QED) is 0.788. The minimum absolute atomic E-state index is 0.323. The lowest BCUT2D eigenvalue weighted by molar-refractivity contribution is 0.102. The number of rotatable bonds is 4. The molecule has 2 N–H and O–H groups in total. The van der Waals surface area contributed by atoms with Crippen LogP contribution in [0.1, 0.15) is 17.3 Å². The van der Waals surface area contributed by atoms with E-state index in [0.717, 1.165) is 11.0 Å². The first-order valence-corrected chi connectivity index (χ1v) is 7.72. The van der Waals surface area contributed by atoms with Crippen molar-refractivity contribution in [3.63, 3.8) is 0 Å². The van der Waals surface area contributed by atoms with E-state index < -0.39 is 0 Å².